The topological polar surface area (TPSA) is 357 Å². The minimum Gasteiger partial charge on any atom is -0.508 e. The number of aromatic hydroxyl groups is 1. The number of phenolic OH excluding ortho intramolecular Hbond substituents is 1. The fourth-order valence-corrected chi connectivity index (χ4v) is 8.42. The van der Waals surface area contributed by atoms with Crippen molar-refractivity contribution in [1.82, 2.24) is 53.2 Å². The van der Waals surface area contributed by atoms with Gasteiger partial charge in [-0.15, -0.1) is 0 Å². The number of ether oxygens (including phenoxy) is 5. The van der Waals surface area contributed by atoms with Crippen LogP contribution in [0, 0.1) is 0 Å². The van der Waals surface area contributed by atoms with Crippen molar-refractivity contribution in [3.63, 3.8) is 0 Å². The number of alkyl carbamates (subject to hydrolysis) is 5. The van der Waals surface area contributed by atoms with E-state index >= 15 is 0 Å². The van der Waals surface area contributed by atoms with E-state index in [1.165, 1.54) is 6.07 Å². The number of hydrogen-bond donors (Lipinski definition) is 11. The van der Waals surface area contributed by atoms with Gasteiger partial charge in [-0.05, 0) is 177 Å². The van der Waals surface area contributed by atoms with E-state index in [-0.39, 0.29) is 83.4 Å². The highest BCUT2D eigenvalue weighted by Crippen LogP contribution is 2.29. The van der Waals surface area contributed by atoms with Crippen LogP contribution in [0.25, 0.3) is 11.1 Å². The van der Waals surface area contributed by atoms with Crippen molar-refractivity contribution in [2.24, 2.45) is 0 Å². The van der Waals surface area contributed by atoms with E-state index in [4.69, 9.17) is 23.7 Å². The molecule has 0 aliphatic carbocycles. The third kappa shape index (κ3) is 31.2. The molecule has 1 aliphatic rings. The largest absolute Gasteiger partial charge is 0.508 e. The maximum atomic E-state index is 14.4. The Morgan fingerprint density at radius 3 is 1.68 bits per heavy atom. The molecular formula is C61H96N10O16. The molecule has 5 atom stereocenters. The molecule has 1 aliphatic heterocycles. The fraction of sp³-hybridized carbons (Fsp3) is 0.639. The van der Waals surface area contributed by atoms with Gasteiger partial charge in [0.25, 0.3) is 0 Å². The Kier molecular flexibility index (Phi) is 27.9. The Labute approximate surface area is 511 Å². The van der Waals surface area contributed by atoms with Crippen LogP contribution in [0.15, 0.2) is 42.5 Å². The molecule has 486 valence electrons. The SMILES string of the molecule is CC(C)(C)OC(=O)NCCC[C@@H](CNC(=O)[C@H](CCCNC(=O)CCNC(=O)[C@@H]1Cc2cccc(c2)-c2ccc(O)c(c2)C[C@H](NC(=O)OC(C)(C)C)C(=O)N[C@@H](CCCNC(=O)OC(C)(C)C)C(=O)N1)NC(=O)OC(C)(C)C)NC(=O)OC(C)(C)C. The summed E-state index contributed by atoms with van der Waals surface area (Å²) in [5.74, 6) is -3.50. The molecule has 0 saturated carbocycles. The molecule has 3 rings (SSSR count). The Bertz CT molecular complexity index is 2690. The fourth-order valence-electron chi connectivity index (χ4n) is 8.42. The van der Waals surface area contributed by atoms with E-state index < -0.39 is 118 Å². The molecule has 10 amide bonds. The quantitative estimate of drug-likeness (QED) is 0.0480. The number of amides is 10. The molecule has 0 spiro atoms. The van der Waals surface area contributed by atoms with Gasteiger partial charge in [0.1, 0.15) is 57.9 Å². The molecule has 0 fully saturated rings. The van der Waals surface area contributed by atoms with Crippen LogP contribution in [0.5, 0.6) is 5.75 Å². The molecule has 0 unspecified atom stereocenters. The minimum atomic E-state index is -1.38. The normalized spacial score (nSPS) is 16.4. The average molecular weight is 1230 g/mol. The monoisotopic (exact) mass is 1220 g/mol. The van der Waals surface area contributed by atoms with E-state index in [0.717, 1.165) is 0 Å². The van der Waals surface area contributed by atoms with E-state index in [2.05, 4.69) is 53.2 Å². The van der Waals surface area contributed by atoms with E-state index in [9.17, 15) is 53.1 Å². The van der Waals surface area contributed by atoms with Gasteiger partial charge in [-0.25, -0.2) is 24.0 Å². The maximum Gasteiger partial charge on any atom is 0.408 e. The van der Waals surface area contributed by atoms with Crippen molar-refractivity contribution in [3.8, 4) is 16.9 Å². The number of rotatable bonds is 22. The van der Waals surface area contributed by atoms with Gasteiger partial charge in [0.05, 0.1) is 0 Å². The lowest BCUT2D eigenvalue weighted by Gasteiger charge is -2.27. The van der Waals surface area contributed by atoms with Crippen LogP contribution in [-0.4, -0.2) is 156 Å². The van der Waals surface area contributed by atoms with Gasteiger partial charge in [-0.3, -0.25) is 24.0 Å². The average Bonchev–Trinajstić information content (AvgIpc) is 2.29. The lowest BCUT2D eigenvalue weighted by Crippen LogP contribution is -2.57. The Hall–Kier alpha value is -8.06. The van der Waals surface area contributed by atoms with Gasteiger partial charge in [0.15, 0.2) is 0 Å². The number of nitrogens with one attached hydrogen (secondary N) is 10. The van der Waals surface area contributed by atoms with E-state index in [0.29, 0.717) is 35.1 Å². The molecular weight excluding hydrogens is 1130 g/mol. The first-order valence-corrected chi connectivity index (χ1v) is 29.5. The number of carbonyl (C=O) groups is 10. The molecule has 1 heterocycles. The zero-order chi connectivity index (χ0) is 65.5. The van der Waals surface area contributed by atoms with Crippen LogP contribution in [0.2, 0.25) is 0 Å². The number of fused-ring (bicyclic) bond motifs is 5. The Morgan fingerprint density at radius 2 is 1.08 bits per heavy atom. The van der Waals surface area contributed by atoms with Crippen LogP contribution in [0.1, 0.15) is 160 Å². The van der Waals surface area contributed by atoms with Gasteiger partial charge in [-0.1, -0.05) is 30.3 Å². The van der Waals surface area contributed by atoms with Crippen LogP contribution in [0.3, 0.4) is 0 Å². The first-order chi connectivity index (χ1) is 40.2. The van der Waals surface area contributed by atoms with Crippen molar-refractivity contribution < 1.29 is 76.7 Å². The summed E-state index contributed by atoms with van der Waals surface area (Å²) in [6.45, 7) is 25.4. The third-order valence-electron chi connectivity index (χ3n) is 12.1. The second-order valence-electron chi connectivity index (χ2n) is 26.2. The summed E-state index contributed by atoms with van der Waals surface area (Å²) in [7, 11) is 0. The first kappa shape index (κ1) is 73.2. The van der Waals surface area contributed by atoms with E-state index in [1.54, 1.807) is 128 Å². The molecule has 26 heteroatoms. The summed E-state index contributed by atoms with van der Waals surface area (Å²) in [4.78, 5) is 134. The molecule has 26 nitrogen and oxygen atoms in total. The third-order valence-corrected chi connectivity index (χ3v) is 12.1. The zero-order valence-corrected chi connectivity index (χ0v) is 53.4. The van der Waals surface area contributed by atoms with Crippen LogP contribution >= 0.6 is 0 Å². The van der Waals surface area contributed by atoms with Gasteiger partial charge in [-0.2, -0.15) is 0 Å². The Morgan fingerprint density at radius 1 is 0.552 bits per heavy atom. The minimum absolute atomic E-state index is 0.0315. The van der Waals surface area contributed by atoms with Gasteiger partial charge in [0.2, 0.25) is 29.5 Å². The van der Waals surface area contributed by atoms with Crippen molar-refractivity contribution in [1.29, 1.82) is 0 Å². The van der Waals surface area contributed by atoms with Gasteiger partial charge < -0.3 is 82.0 Å². The van der Waals surface area contributed by atoms with Crippen molar-refractivity contribution >= 4 is 60.0 Å². The summed E-state index contributed by atoms with van der Waals surface area (Å²) in [6.07, 6.45) is -3.33. The Balaban J connectivity index is 1.79. The van der Waals surface area contributed by atoms with Crippen molar-refractivity contribution in [3.05, 3.63) is 53.6 Å². The molecule has 0 radical (unpaired) electrons. The number of phenols is 1. The summed E-state index contributed by atoms with van der Waals surface area (Å²) in [6, 6.07) is 6.15. The van der Waals surface area contributed by atoms with Crippen molar-refractivity contribution in [2.45, 2.75) is 220 Å². The maximum absolute atomic E-state index is 14.4. The highest BCUT2D eigenvalue weighted by molar-refractivity contribution is 5.94. The predicted octanol–water partition coefficient (Wildman–Crippen LogP) is 5.94. The first-order valence-electron chi connectivity index (χ1n) is 29.5. The summed E-state index contributed by atoms with van der Waals surface area (Å²) in [5.41, 5.74) is -1.92. The molecule has 11 N–H and O–H groups in total. The molecule has 4 bridgehead atoms. The number of hydrogen-bond acceptors (Lipinski definition) is 16. The highest BCUT2D eigenvalue weighted by Gasteiger charge is 2.33. The second-order valence-corrected chi connectivity index (χ2v) is 26.2. The van der Waals surface area contributed by atoms with Crippen LogP contribution < -0.4 is 53.2 Å². The second kappa shape index (κ2) is 33.2. The van der Waals surface area contributed by atoms with Gasteiger partial charge >= 0.3 is 30.5 Å². The summed E-state index contributed by atoms with van der Waals surface area (Å²) < 4.78 is 27.0. The summed E-state index contributed by atoms with van der Waals surface area (Å²) >= 11 is 0. The van der Waals surface area contributed by atoms with E-state index in [1.807, 2.05) is 12.1 Å². The zero-order valence-electron chi connectivity index (χ0n) is 53.4. The standard InChI is InChI=1S/C61H96N10O16/c1-57(2,3)83-52(78)64-29-17-22-41(67-54(80)85-59(7,8)9)36-66-48(74)42(70-55(81)86-60(10,11)12)23-18-28-62-47(73)27-31-63-49(75)44-33-37-20-16-21-38(32-37)39-25-26-46(72)40(34-39)35-45(71-56(82)87-61(13,14)15)51(77)68-43(50(76)69-44)24-19-30-65-53(79)84-58(4,5)6/h16,20-21,25-26,32,34,41-45,72H,17-19,22-24,27-31,33,35-36H2,1-15H3,(H,62,73)(H,63,75)(H,64,78)(H,65,79)(H,66,74)(H,67,80)(H,68,77)(H,69,76)(H,70,81)(H,71,82)/t41-,42-,43-,44-,45-/m0/s1. The lowest BCUT2D eigenvalue weighted by atomic mass is 9.96. The van der Waals surface area contributed by atoms with Crippen LogP contribution in [-0.2, 0) is 60.5 Å². The predicted molar refractivity (Wildman–Crippen MR) is 324 cm³/mol. The summed E-state index contributed by atoms with van der Waals surface area (Å²) in [5, 5.41) is 38.0. The number of carbonyl (C=O) groups excluding carboxylic acids is 10. The van der Waals surface area contributed by atoms with Crippen LogP contribution in [0.4, 0.5) is 24.0 Å². The van der Waals surface area contributed by atoms with Crippen molar-refractivity contribution in [2.75, 3.05) is 32.7 Å². The molecule has 0 aromatic heterocycles. The highest BCUT2D eigenvalue weighted by atomic mass is 16.6. The lowest BCUT2D eigenvalue weighted by molar-refractivity contribution is -0.132. The molecule has 0 saturated heterocycles. The molecule has 87 heavy (non-hydrogen) atoms. The smallest absolute Gasteiger partial charge is 0.408 e. The van der Waals surface area contributed by atoms with Gasteiger partial charge in [0, 0.05) is 58.0 Å². The molecule has 2 aromatic rings. The number of benzene rings is 2. The molecule has 2 aromatic carbocycles.